The third-order valence-electron chi connectivity index (χ3n) is 2.46. The zero-order valence-corrected chi connectivity index (χ0v) is 10.7. The first-order chi connectivity index (χ1) is 6.52. The van der Waals surface area contributed by atoms with E-state index in [2.05, 4.69) is 32.8 Å². The van der Waals surface area contributed by atoms with E-state index in [1.165, 1.54) is 25.0 Å². The van der Waals surface area contributed by atoms with E-state index in [1.54, 1.807) is 0 Å². The van der Waals surface area contributed by atoms with Crippen LogP contribution in [0.4, 0.5) is 0 Å². The second-order valence-electron chi connectivity index (χ2n) is 4.42. The highest BCUT2D eigenvalue weighted by Gasteiger charge is 2.16. The van der Waals surface area contributed by atoms with Gasteiger partial charge < -0.3 is 5.01 Å². The lowest BCUT2D eigenvalue weighted by Crippen LogP contribution is -2.23. The summed E-state index contributed by atoms with van der Waals surface area (Å²) in [5, 5.41) is 6.54. The molecule has 0 spiro atoms. The lowest BCUT2D eigenvalue weighted by molar-refractivity contribution is 0.421. The molecule has 0 saturated heterocycles. The molecule has 2 nitrogen and oxygen atoms in total. The molecular weight excluding hydrogens is 172 g/mol. The molecular formula is C12H26N2. The summed E-state index contributed by atoms with van der Waals surface area (Å²) >= 11 is 0. The van der Waals surface area contributed by atoms with Crippen LogP contribution in [0.2, 0.25) is 0 Å². The summed E-state index contributed by atoms with van der Waals surface area (Å²) in [4.78, 5) is 0. The molecule has 2 heteroatoms. The van der Waals surface area contributed by atoms with Gasteiger partial charge in [0.2, 0.25) is 0 Å². The molecule has 0 N–H and O–H groups in total. The molecule has 0 rings (SSSR count). The van der Waals surface area contributed by atoms with Gasteiger partial charge in [-0.15, -0.1) is 0 Å². The van der Waals surface area contributed by atoms with Crippen molar-refractivity contribution in [3.63, 3.8) is 0 Å². The Kier molecular flexibility index (Phi) is 6.60. The van der Waals surface area contributed by atoms with E-state index in [1.807, 2.05) is 19.1 Å². The summed E-state index contributed by atoms with van der Waals surface area (Å²) in [7, 11) is 4.00. The zero-order chi connectivity index (χ0) is 11.1. The summed E-state index contributed by atoms with van der Waals surface area (Å²) in [6.07, 6.45) is 3.72. The van der Waals surface area contributed by atoms with Gasteiger partial charge in [-0.1, -0.05) is 34.1 Å². The quantitative estimate of drug-likeness (QED) is 0.472. The van der Waals surface area contributed by atoms with Crippen molar-refractivity contribution in [2.24, 2.45) is 16.9 Å². The van der Waals surface area contributed by atoms with E-state index in [0.717, 1.165) is 0 Å². The molecule has 0 aliphatic carbocycles. The average molecular weight is 198 g/mol. The molecule has 0 radical (unpaired) electrons. The maximum Gasteiger partial charge on any atom is 0.0436 e. The van der Waals surface area contributed by atoms with E-state index in [9.17, 15) is 0 Å². The van der Waals surface area contributed by atoms with Crippen molar-refractivity contribution >= 4 is 5.71 Å². The third kappa shape index (κ3) is 4.64. The maximum absolute atomic E-state index is 4.62. The van der Waals surface area contributed by atoms with Crippen molar-refractivity contribution < 1.29 is 0 Å². The molecule has 1 unspecified atom stereocenters. The molecule has 0 fully saturated rings. The summed E-state index contributed by atoms with van der Waals surface area (Å²) < 4.78 is 0. The first kappa shape index (κ1) is 13.5. The Morgan fingerprint density at radius 3 is 2.07 bits per heavy atom. The number of hydrazone groups is 1. The monoisotopic (exact) mass is 198 g/mol. The molecule has 0 heterocycles. The Bertz CT molecular complexity index is 171. The molecule has 0 aromatic carbocycles. The Morgan fingerprint density at radius 2 is 1.79 bits per heavy atom. The van der Waals surface area contributed by atoms with Crippen LogP contribution < -0.4 is 0 Å². The van der Waals surface area contributed by atoms with Gasteiger partial charge in [0.05, 0.1) is 0 Å². The van der Waals surface area contributed by atoms with E-state index in [4.69, 9.17) is 0 Å². The van der Waals surface area contributed by atoms with Crippen LogP contribution in [0.25, 0.3) is 0 Å². The molecule has 14 heavy (non-hydrogen) atoms. The molecule has 1 atom stereocenters. The Balaban J connectivity index is 4.60. The van der Waals surface area contributed by atoms with Crippen LogP contribution in [0.3, 0.4) is 0 Å². The zero-order valence-electron chi connectivity index (χ0n) is 10.7. The van der Waals surface area contributed by atoms with Crippen LogP contribution in [0.15, 0.2) is 5.10 Å². The molecule has 0 aliphatic rings. The van der Waals surface area contributed by atoms with Crippen molar-refractivity contribution in [3.8, 4) is 0 Å². The highest BCUT2D eigenvalue weighted by Crippen LogP contribution is 2.18. The van der Waals surface area contributed by atoms with E-state index < -0.39 is 0 Å². The first-order valence-electron chi connectivity index (χ1n) is 5.78. The van der Waals surface area contributed by atoms with Crippen LogP contribution in [0.5, 0.6) is 0 Å². The van der Waals surface area contributed by atoms with Crippen molar-refractivity contribution in [2.75, 3.05) is 14.1 Å². The fourth-order valence-electron chi connectivity index (χ4n) is 1.81. The minimum atomic E-state index is 0.564. The maximum atomic E-state index is 4.62. The highest BCUT2D eigenvalue weighted by atomic mass is 15.4. The van der Waals surface area contributed by atoms with Crippen LogP contribution in [0.1, 0.15) is 47.0 Å². The van der Waals surface area contributed by atoms with Gasteiger partial charge in [-0.3, -0.25) is 0 Å². The van der Waals surface area contributed by atoms with Gasteiger partial charge in [0.1, 0.15) is 0 Å². The lowest BCUT2D eigenvalue weighted by atomic mass is 9.89. The second kappa shape index (κ2) is 6.86. The van der Waals surface area contributed by atoms with Crippen LogP contribution in [-0.4, -0.2) is 24.8 Å². The summed E-state index contributed by atoms with van der Waals surface area (Å²) in [6.45, 7) is 8.98. The van der Waals surface area contributed by atoms with Gasteiger partial charge in [-0.25, -0.2) is 0 Å². The SMILES string of the molecule is CCCC(CC)/C(=N/N(C)C)C(C)C. The van der Waals surface area contributed by atoms with E-state index in [-0.39, 0.29) is 0 Å². The lowest BCUT2D eigenvalue weighted by Gasteiger charge is -2.21. The number of rotatable bonds is 6. The normalized spacial score (nSPS) is 14.6. The largest absolute Gasteiger partial charge is 0.303 e. The Hall–Kier alpha value is -0.530. The summed E-state index contributed by atoms with van der Waals surface area (Å²) in [5.41, 5.74) is 1.36. The number of hydrogen-bond acceptors (Lipinski definition) is 2. The van der Waals surface area contributed by atoms with Crippen LogP contribution in [-0.2, 0) is 0 Å². The predicted octanol–water partition coefficient (Wildman–Crippen LogP) is 3.39. The molecule has 0 aromatic rings. The van der Waals surface area contributed by atoms with Gasteiger partial charge in [0.15, 0.2) is 0 Å². The highest BCUT2D eigenvalue weighted by molar-refractivity contribution is 5.88. The molecule has 0 aliphatic heterocycles. The van der Waals surface area contributed by atoms with E-state index in [0.29, 0.717) is 11.8 Å². The van der Waals surface area contributed by atoms with Crippen LogP contribution in [0, 0.1) is 11.8 Å². The number of hydrogen-bond donors (Lipinski definition) is 0. The average Bonchev–Trinajstić information content (AvgIpc) is 2.10. The third-order valence-corrected chi connectivity index (χ3v) is 2.46. The van der Waals surface area contributed by atoms with Crippen molar-refractivity contribution in [2.45, 2.75) is 47.0 Å². The smallest absolute Gasteiger partial charge is 0.0436 e. The minimum Gasteiger partial charge on any atom is -0.303 e. The second-order valence-corrected chi connectivity index (χ2v) is 4.42. The number of nitrogens with zero attached hydrogens (tertiary/aromatic N) is 2. The van der Waals surface area contributed by atoms with Gasteiger partial charge >= 0.3 is 0 Å². The van der Waals surface area contributed by atoms with Gasteiger partial charge in [-0.05, 0) is 24.7 Å². The fourth-order valence-corrected chi connectivity index (χ4v) is 1.81. The standard InChI is InChI=1S/C12H26N2/c1-7-9-11(8-2)12(10(3)4)13-14(5)6/h10-11H,7-9H2,1-6H3/b13-12+. The molecule has 0 bridgehead atoms. The minimum absolute atomic E-state index is 0.564. The molecule has 84 valence electrons. The molecule has 0 saturated carbocycles. The summed E-state index contributed by atoms with van der Waals surface area (Å²) in [5.74, 6) is 1.23. The van der Waals surface area contributed by atoms with Gasteiger partial charge in [-0.2, -0.15) is 5.10 Å². The van der Waals surface area contributed by atoms with Gasteiger partial charge in [0, 0.05) is 19.8 Å². The Labute approximate surface area is 89.4 Å². The van der Waals surface area contributed by atoms with Crippen molar-refractivity contribution in [1.82, 2.24) is 5.01 Å². The van der Waals surface area contributed by atoms with E-state index >= 15 is 0 Å². The first-order valence-corrected chi connectivity index (χ1v) is 5.78. The summed E-state index contributed by atoms with van der Waals surface area (Å²) in [6, 6.07) is 0. The molecule has 0 aromatic heterocycles. The fraction of sp³-hybridized carbons (Fsp3) is 0.917. The molecule has 0 amide bonds. The predicted molar refractivity (Wildman–Crippen MR) is 64.6 cm³/mol. The van der Waals surface area contributed by atoms with Crippen molar-refractivity contribution in [3.05, 3.63) is 0 Å². The van der Waals surface area contributed by atoms with Gasteiger partial charge in [0.25, 0.3) is 0 Å². The topological polar surface area (TPSA) is 15.6 Å². The Morgan fingerprint density at radius 1 is 1.21 bits per heavy atom. The van der Waals surface area contributed by atoms with Crippen LogP contribution >= 0.6 is 0 Å². The van der Waals surface area contributed by atoms with Crippen molar-refractivity contribution in [1.29, 1.82) is 0 Å².